The van der Waals surface area contributed by atoms with Crippen LogP contribution in [0.2, 0.25) is 0 Å². The molecule has 2 aliphatic heterocycles. The Labute approximate surface area is 312 Å². The van der Waals surface area contributed by atoms with E-state index < -0.39 is 12.2 Å². The molecular formula is C42H50N4O7. The van der Waals surface area contributed by atoms with E-state index in [0.29, 0.717) is 75.4 Å². The highest BCUT2D eigenvalue weighted by molar-refractivity contribution is 5.78. The monoisotopic (exact) mass is 722 g/mol. The second kappa shape index (κ2) is 17.9. The van der Waals surface area contributed by atoms with Gasteiger partial charge in [0.2, 0.25) is 11.8 Å². The minimum atomic E-state index is -0.535. The van der Waals surface area contributed by atoms with Gasteiger partial charge < -0.3 is 43.3 Å². The molecule has 0 N–H and O–H groups in total. The molecule has 2 aliphatic rings. The minimum Gasteiger partial charge on any atom is -0.493 e. The lowest BCUT2D eigenvalue weighted by atomic mass is 10.0. The fourth-order valence-corrected chi connectivity index (χ4v) is 7.07. The largest absolute Gasteiger partial charge is 0.493 e. The summed E-state index contributed by atoms with van der Waals surface area (Å²) in [5.41, 5.74) is 3.86. The van der Waals surface area contributed by atoms with Gasteiger partial charge >= 0.3 is 0 Å². The van der Waals surface area contributed by atoms with E-state index in [-0.39, 0.29) is 24.7 Å². The SMILES string of the molecule is COc1ccc(N2CCN(C(=O)CC(OC(CC(=O)N3CCN(c4ccc(OC)c(OC)c4)CC3)c3ccccc3)c3ccccc3)CC2)cc1OC. The Hall–Kier alpha value is -5.42. The molecule has 2 saturated heterocycles. The molecule has 11 heteroatoms. The van der Waals surface area contributed by atoms with Crippen LogP contribution in [0.5, 0.6) is 23.0 Å². The number of anilines is 2. The smallest absolute Gasteiger partial charge is 0.225 e. The zero-order chi connectivity index (χ0) is 37.2. The molecule has 2 heterocycles. The average molecular weight is 723 g/mol. The van der Waals surface area contributed by atoms with Crippen LogP contribution in [0, 0.1) is 0 Å². The van der Waals surface area contributed by atoms with Crippen LogP contribution >= 0.6 is 0 Å². The lowest BCUT2D eigenvalue weighted by molar-refractivity contribution is -0.139. The Morgan fingerprint density at radius 3 is 1.19 bits per heavy atom. The Bertz CT molecular complexity index is 1660. The maximum absolute atomic E-state index is 13.9. The fraction of sp³-hybridized carbons (Fsp3) is 0.381. The van der Waals surface area contributed by atoms with E-state index in [0.717, 1.165) is 22.5 Å². The van der Waals surface area contributed by atoms with E-state index in [4.69, 9.17) is 23.7 Å². The standard InChI is InChI=1S/C42H50N4O7/c1-49-35-17-15-33(27-39(35)51-3)43-19-23-45(24-20-43)41(47)29-37(31-11-7-5-8-12-31)53-38(32-13-9-6-10-14-32)30-42(48)46-25-21-44(22-26-46)34-16-18-36(50-2)40(28-34)52-4/h5-18,27-28,37-38H,19-26,29-30H2,1-4H3. The summed E-state index contributed by atoms with van der Waals surface area (Å²) in [7, 11) is 6.51. The molecule has 280 valence electrons. The van der Waals surface area contributed by atoms with Crippen molar-refractivity contribution in [3.05, 3.63) is 108 Å². The summed E-state index contributed by atoms with van der Waals surface area (Å²) < 4.78 is 28.7. The highest BCUT2D eigenvalue weighted by Gasteiger charge is 2.30. The van der Waals surface area contributed by atoms with Crippen LogP contribution in [0.25, 0.3) is 0 Å². The molecule has 6 rings (SSSR count). The van der Waals surface area contributed by atoms with Crippen LogP contribution in [0.4, 0.5) is 11.4 Å². The molecule has 0 bridgehead atoms. The molecule has 2 fully saturated rings. The van der Waals surface area contributed by atoms with E-state index in [1.165, 1.54) is 0 Å². The molecule has 2 amide bonds. The number of amides is 2. The Kier molecular flexibility index (Phi) is 12.6. The van der Waals surface area contributed by atoms with Gasteiger partial charge in [0.25, 0.3) is 0 Å². The van der Waals surface area contributed by atoms with Gasteiger partial charge in [-0.3, -0.25) is 9.59 Å². The first kappa shape index (κ1) is 37.3. The molecule has 2 unspecified atom stereocenters. The Morgan fingerprint density at radius 2 is 0.849 bits per heavy atom. The highest BCUT2D eigenvalue weighted by atomic mass is 16.5. The maximum Gasteiger partial charge on any atom is 0.225 e. The van der Waals surface area contributed by atoms with Crippen molar-refractivity contribution in [1.82, 2.24) is 9.80 Å². The van der Waals surface area contributed by atoms with Gasteiger partial charge in [-0.05, 0) is 35.4 Å². The van der Waals surface area contributed by atoms with Crippen molar-refractivity contribution in [3.8, 4) is 23.0 Å². The highest BCUT2D eigenvalue weighted by Crippen LogP contribution is 2.35. The molecule has 0 aliphatic carbocycles. The topological polar surface area (TPSA) is 93.3 Å². The minimum absolute atomic E-state index is 0.0234. The number of rotatable bonds is 14. The summed E-state index contributed by atoms with van der Waals surface area (Å²) in [5, 5.41) is 0. The molecule has 0 spiro atoms. The number of carbonyl (C=O) groups is 2. The molecule has 0 radical (unpaired) electrons. The number of benzene rings is 4. The third kappa shape index (κ3) is 9.15. The Morgan fingerprint density at radius 1 is 0.491 bits per heavy atom. The lowest BCUT2D eigenvalue weighted by Gasteiger charge is -2.38. The lowest BCUT2D eigenvalue weighted by Crippen LogP contribution is -2.49. The van der Waals surface area contributed by atoms with Crippen molar-refractivity contribution in [2.45, 2.75) is 25.0 Å². The molecule has 4 aromatic carbocycles. The quantitative estimate of drug-likeness (QED) is 0.156. The van der Waals surface area contributed by atoms with Crippen molar-refractivity contribution < 1.29 is 33.3 Å². The molecule has 4 aromatic rings. The normalized spacial score (nSPS) is 15.8. The van der Waals surface area contributed by atoms with Gasteiger partial charge in [-0.2, -0.15) is 0 Å². The maximum atomic E-state index is 13.9. The van der Waals surface area contributed by atoms with Crippen molar-refractivity contribution in [2.24, 2.45) is 0 Å². The van der Waals surface area contributed by atoms with E-state index in [1.807, 2.05) is 107 Å². The van der Waals surface area contributed by atoms with Crippen LogP contribution in [-0.2, 0) is 14.3 Å². The van der Waals surface area contributed by atoms with Gasteiger partial charge in [0.15, 0.2) is 23.0 Å². The van der Waals surface area contributed by atoms with Gasteiger partial charge in [-0.1, -0.05) is 60.7 Å². The summed E-state index contributed by atoms with van der Waals surface area (Å²) in [6.45, 7) is 5.12. The van der Waals surface area contributed by atoms with E-state index in [9.17, 15) is 9.59 Å². The van der Waals surface area contributed by atoms with Crippen molar-refractivity contribution in [3.63, 3.8) is 0 Å². The van der Waals surface area contributed by atoms with Gasteiger partial charge in [0, 0.05) is 75.9 Å². The van der Waals surface area contributed by atoms with Crippen LogP contribution < -0.4 is 28.7 Å². The van der Waals surface area contributed by atoms with Gasteiger partial charge in [-0.25, -0.2) is 0 Å². The fourth-order valence-electron chi connectivity index (χ4n) is 7.07. The molecule has 0 saturated carbocycles. The van der Waals surface area contributed by atoms with Crippen molar-refractivity contribution >= 4 is 23.2 Å². The van der Waals surface area contributed by atoms with Gasteiger partial charge in [-0.15, -0.1) is 0 Å². The van der Waals surface area contributed by atoms with E-state index in [1.54, 1.807) is 28.4 Å². The van der Waals surface area contributed by atoms with Gasteiger partial charge in [0.1, 0.15) is 0 Å². The number of hydrogen-bond donors (Lipinski definition) is 0. The van der Waals surface area contributed by atoms with Gasteiger partial charge in [0.05, 0.1) is 53.5 Å². The van der Waals surface area contributed by atoms with Crippen molar-refractivity contribution in [2.75, 3.05) is 90.6 Å². The first-order valence-electron chi connectivity index (χ1n) is 18.2. The molecule has 11 nitrogen and oxygen atoms in total. The van der Waals surface area contributed by atoms with E-state index in [2.05, 4.69) is 9.80 Å². The van der Waals surface area contributed by atoms with Crippen LogP contribution in [0.1, 0.15) is 36.2 Å². The molecule has 53 heavy (non-hydrogen) atoms. The Balaban J connectivity index is 1.11. The number of ether oxygens (including phenoxy) is 5. The first-order chi connectivity index (χ1) is 25.9. The molecule has 2 atom stereocenters. The number of piperazine rings is 2. The van der Waals surface area contributed by atoms with Crippen molar-refractivity contribution in [1.29, 1.82) is 0 Å². The third-order valence-electron chi connectivity index (χ3n) is 10.1. The predicted molar refractivity (Wildman–Crippen MR) is 205 cm³/mol. The van der Waals surface area contributed by atoms with E-state index >= 15 is 0 Å². The first-order valence-corrected chi connectivity index (χ1v) is 18.2. The molecule has 0 aromatic heterocycles. The molecular weight excluding hydrogens is 672 g/mol. The zero-order valence-corrected chi connectivity index (χ0v) is 31.1. The van der Waals surface area contributed by atoms with Crippen LogP contribution in [0.3, 0.4) is 0 Å². The number of carbonyl (C=O) groups excluding carboxylic acids is 2. The third-order valence-corrected chi connectivity index (χ3v) is 10.1. The van der Waals surface area contributed by atoms with Crippen LogP contribution in [0.15, 0.2) is 97.1 Å². The summed E-state index contributed by atoms with van der Waals surface area (Å²) in [6, 6.07) is 31.5. The second-order valence-electron chi connectivity index (χ2n) is 13.2. The number of nitrogens with zero attached hydrogens (tertiary/aromatic N) is 4. The summed E-state index contributed by atoms with van der Waals surface area (Å²) in [6.07, 6.45) is -0.732. The average Bonchev–Trinajstić information content (AvgIpc) is 3.23. The second-order valence-corrected chi connectivity index (χ2v) is 13.2. The number of methoxy groups -OCH3 is 4. The summed E-state index contributed by atoms with van der Waals surface area (Å²) in [4.78, 5) is 36.2. The van der Waals surface area contributed by atoms with Crippen LogP contribution in [-0.4, -0.2) is 102 Å². The summed E-state index contributed by atoms with van der Waals surface area (Å²) in [5.74, 6) is 2.76. The predicted octanol–water partition coefficient (Wildman–Crippen LogP) is 6.00. The zero-order valence-electron chi connectivity index (χ0n) is 31.1. The summed E-state index contributed by atoms with van der Waals surface area (Å²) >= 11 is 0. The number of hydrogen-bond acceptors (Lipinski definition) is 9.